The number of hydrogen-bond acceptors (Lipinski definition) is 12. The zero-order valence-electron chi connectivity index (χ0n) is 35.7. The Balaban J connectivity index is 0.751. The van der Waals surface area contributed by atoms with Crippen molar-refractivity contribution in [1.82, 2.24) is 50.7 Å². The summed E-state index contributed by atoms with van der Waals surface area (Å²) >= 11 is 0. The molecule has 17 nitrogen and oxygen atoms in total. The first kappa shape index (κ1) is 42.8. The molecule has 0 spiro atoms. The smallest absolute Gasteiger partial charge is 0.320 e. The van der Waals surface area contributed by atoms with Crippen molar-refractivity contribution in [2.45, 2.75) is 113 Å². The number of piperazine rings is 1. The SMILES string of the molecule is CN1CCN([C@@H]2CCCN(C3CNC(C(N)=O)C(Nc4ccc(C5CCN(CC6CCN(C7CCC(C(=O)N[C@@H]8CCC(=O)NC8=O)N(C)C7)CC6)CC5)cc4)N3)C2)C1=O. The van der Waals surface area contributed by atoms with Crippen LogP contribution in [0.4, 0.5) is 10.5 Å². The minimum absolute atomic E-state index is 0.0117. The van der Waals surface area contributed by atoms with E-state index in [1.54, 1.807) is 4.90 Å². The van der Waals surface area contributed by atoms with Crippen molar-refractivity contribution in [2.24, 2.45) is 11.7 Å². The number of urea groups is 1. The molecule has 7 heterocycles. The average Bonchev–Trinajstić information content (AvgIpc) is 3.59. The Hall–Kier alpha value is -3.87. The molecular weight excluding hydrogens is 765 g/mol. The van der Waals surface area contributed by atoms with Crippen LogP contribution >= 0.6 is 0 Å². The fourth-order valence-electron chi connectivity index (χ4n) is 11.1. The summed E-state index contributed by atoms with van der Waals surface area (Å²) in [6, 6.07) is 8.06. The molecule has 0 saturated carbocycles. The van der Waals surface area contributed by atoms with Crippen molar-refractivity contribution >= 4 is 35.3 Å². The average molecular weight is 833 g/mol. The van der Waals surface area contributed by atoms with Gasteiger partial charge in [0.25, 0.3) is 0 Å². The Morgan fingerprint density at radius 2 is 1.58 bits per heavy atom. The number of rotatable bonds is 11. The van der Waals surface area contributed by atoms with Crippen molar-refractivity contribution in [3.63, 3.8) is 0 Å². The topological polar surface area (TPSA) is 191 Å². The molecule has 7 aliphatic rings. The number of imide groups is 1. The molecule has 6 amide bonds. The molecule has 8 rings (SSSR count). The van der Waals surface area contributed by atoms with E-state index in [0.29, 0.717) is 30.8 Å². The van der Waals surface area contributed by atoms with Crippen LogP contribution < -0.4 is 32.3 Å². The summed E-state index contributed by atoms with van der Waals surface area (Å²) in [6.45, 7) is 10.3. The molecule has 7 N–H and O–H groups in total. The van der Waals surface area contributed by atoms with Gasteiger partial charge in [0.2, 0.25) is 23.6 Å². The summed E-state index contributed by atoms with van der Waals surface area (Å²) < 4.78 is 0. The molecule has 7 fully saturated rings. The summed E-state index contributed by atoms with van der Waals surface area (Å²) in [5, 5.41) is 15.9. The lowest BCUT2D eigenvalue weighted by molar-refractivity contribution is -0.139. The second-order valence-corrected chi connectivity index (χ2v) is 18.7. The molecule has 7 atom stereocenters. The summed E-state index contributed by atoms with van der Waals surface area (Å²) in [4.78, 5) is 75.6. The highest BCUT2D eigenvalue weighted by Crippen LogP contribution is 2.32. The third-order valence-corrected chi connectivity index (χ3v) is 14.7. The molecule has 7 saturated heterocycles. The van der Waals surface area contributed by atoms with E-state index in [1.165, 1.54) is 18.4 Å². The highest BCUT2D eigenvalue weighted by atomic mass is 16.2. The van der Waals surface area contributed by atoms with E-state index in [0.717, 1.165) is 110 Å². The molecule has 60 heavy (non-hydrogen) atoms. The van der Waals surface area contributed by atoms with Gasteiger partial charge in [-0.2, -0.15) is 0 Å². The predicted octanol–water partition coefficient (Wildman–Crippen LogP) is -0.0952. The van der Waals surface area contributed by atoms with E-state index in [-0.39, 0.29) is 48.7 Å². The van der Waals surface area contributed by atoms with Crippen molar-refractivity contribution in [1.29, 1.82) is 0 Å². The van der Waals surface area contributed by atoms with E-state index in [1.807, 2.05) is 19.0 Å². The first-order chi connectivity index (χ1) is 29.0. The fraction of sp³-hybridized carbons (Fsp3) is 0.744. The first-order valence-electron chi connectivity index (χ1n) is 22.7. The molecule has 1 aromatic carbocycles. The quantitative estimate of drug-likeness (QED) is 0.163. The monoisotopic (exact) mass is 833 g/mol. The minimum atomic E-state index is -0.629. The number of nitrogens with one attached hydrogen (secondary N) is 5. The number of anilines is 1. The van der Waals surface area contributed by atoms with Gasteiger partial charge in [-0.1, -0.05) is 12.1 Å². The maximum absolute atomic E-state index is 13.1. The number of primary amides is 1. The second-order valence-electron chi connectivity index (χ2n) is 18.7. The number of hydrogen-bond donors (Lipinski definition) is 6. The lowest BCUT2D eigenvalue weighted by Crippen LogP contribution is -2.71. The van der Waals surface area contributed by atoms with Gasteiger partial charge in [-0.3, -0.25) is 44.5 Å². The summed E-state index contributed by atoms with van der Waals surface area (Å²) in [5.41, 5.74) is 8.18. The summed E-state index contributed by atoms with van der Waals surface area (Å²) in [5.74, 6) is 0.0487. The zero-order valence-corrected chi connectivity index (χ0v) is 35.7. The summed E-state index contributed by atoms with van der Waals surface area (Å²) in [7, 11) is 3.88. The van der Waals surface area contributed by atoms with E-state index in [9.17, 15) is 24.0 Å². The van der Waals surface area contributed by atoms with Gasteiger partial charge in [-0.15, -0.1) is 0 Å². The summed E-state index contributed by atoms with van der Waals surface area (Å²) in [6.07, 6.45) is 8.73. The van der Waals surface area contributed by atoms with E-state index < -0.39 is 23.9 Å². The van der Waals surface area contributed by atoms with Crippen LogP contribution in [0.1, 0.15) is 75.7 Å². The van der Waals surface area contributed by atoms with Crippen LogP contribution in [0.2, 0.25) is 0 Å². The van der Waals surface area contributed by atoms with Crippen molar-refractivity contribution < 1.29 is 24.0 Å². The van der Waals surface area contributed by atoms with Gasteiger partial charge < -0.3 is 36.4 Å². The van der Waals surface area contributed by atoms with Crippen molar-refractivity contribution in [3.05, 3.63) is 29.8 Å². The maximum atomic E-state index is 13.1. The first-order valence-corrected chi connectivity index (χ1v) is 22.7. The van der Waals surface area contributed by atoms with E-state index >= 15 is 0 Å². The van der Waals surface area contributed by atoms with Gasteiger partial charge in [-0.25, -0.2) is 4.79 Å². The number of nitrogens with zero attached hydrogens (tertiary/aromatic N) is 6. The van der Waals surface area contributed by atoms with Gasteiger partial charge in [0.1, 0.15) is 18.2 Å². The van der Waals surface area contributed by atoms with Gasteiger partial charge >= 0.3 is 6.03 Å². The number of carbonyl (C=O) groups is 5. The number of benzene rings is 1. The molecule has 1 aromatic rings. The highest BCUT2D eigenvalue weighted by molar-refractivity contribution is 6.02. The molecule has 0 bridgehead atoms. The molecule has 0 aliphatic carbocycles. The highest BCUT2D eigenvalue weighted by Gasteiger charge is 2.41. The maximum Gasteiger partial charge on any atom is 0.320 e. The Morgan fingerprint density at radius 3 is 2.27 bits per heavy atom. The van der Waals surface area contributed by atoms with E-state index in [4.69, 9.17) is 5.73 Å². The molecule has 5 unspecified atom stereocenters. The van der Waals surface area contributed by atoms with Crippen LogP contribution in [0.25, 0.3) is 0 Å². The third kappa shape index (κ3) is 9.92. The van der Waals surface area contributed by atoms with Crippen LogP contribution in [-0.4, -0.2) is 188 Å². The molecule has 330 valence electrons. The van der Waals surface area contributed by atoms with Crippen LogP contribution in [0, 0.1) is 5.92 Å². The molecule has 7 aliphatic heterocycles. The normalized spacial score (nSPS) is 32.6. The zero-order chi connectivity index (χ0) is 41.9. The lowest BCUT2D eigenvalue weighted by atomic mass is 9.87. The molecule has 0 aromatic heterocycles. The molecule has 17 heteroatoms. The number of likely N-dealkylation sites (N-methyl/N-ethyl adjacent to an activating group) is 2. The minimum Gasteiger partial charge on any atom is -0.368 e. The Bertz CT molecular complexity index is 1700. The number of nitrogens with two attached hydrogens (primary N) is 1. The fourth-order valence-corrected chi connectivity index (χ4v) is 11.1. The van der Waals surface area contributed by atoms with E-state index in [2.05, 4.69) is 70.4 Å². The Morgan fingerprint density at radius 1 is 0.817 bits per heavy atom. The van der Waals surface area contributed by atoms with Crippen LogP contribution in [0.5, 0.6) is 0 Å². The largest absolute Gasteiger partial charge is 0.368 e. The standard InChI is InChI=1S/C43H68N12O5/c1-50-22-23-55(43(50)60)33-4-3-17-54(27-33)36-24-45-38(39(44)57)40(48-36)46-31-7-5-29(6-8-31)30-15-18-52(19-16-30)25-28-13-20-53(21-14-28)32-9-11-35(51(2)26-32)42(59)47-34-10-12-37(56)49-41(34)58/h5-8,28,30,32-36,38,40,45-46,48H,3-4,9-27H2,1-2H3,(H2,44,57)(H,47,59)(H,49,56,58)/t32?,33-,34-,35?,36?,38?,40?/m1/s1. The van der Waals surface area contributed by atoms with Crippen LogP contribution in [0.15, 0.2) is 24.3 Å². The third-order valence-electron chi connectivity index (χ3n) is 14.7. The Kier molecular flexibility index (Phi) is 13.6. The number of likely N-dealkylation sites (tertiary alicyclic amines) is 4. The predicted molar refractivity (Wildman–Crippen MR) is 228 cm³/mol. The van der Waals surface area contributed by atoms with Gasteiger partial charge in [-0.05, 0) is 127 Å². The number of piperidine rings is 5. The van der Waals surface area contributed by atoms with Crippen LogP contribution in [0.3, 0.4) is 0 Å². The van der Waals surface area contributed by atoms with Gasteiger partial charge in [0.05, 0.1) is 12.2 Å². The van der Waals surface area contributed by atoms with Crippen molar-refractivity contribution in [3.8, 4) is 0 Å². The Labute approximate surface area is 354 Å². The second kappa shape index (κ2) is 19.0. The lowest BCUT2D eigenvalue weighted by Gasteiger charge is -2.46. The number of amides is 6. The van der Waals surface area contributed by atoms with Crippen LogP contribution in [-0.2, 0) is 19.2 Å². The van der Waals surface area contributed by atoms with Gasteiger partial charge in [0.15, 0.2) is 0 Å². The molecular formula is C43H68N12O5. The number of carbonyl (C=O) groups excluding carboxylic acids is 5. The van der Waals surface area contributed by atoms with Gasteiger partial charge in [0, 0.05) is 70.5 Å². The molecule has 0 radical (unpaired) electrons. The van der Waals surface area contributed by atoms with Crippen molar-refractivity contribution in [2.75, 3.05) is 91.4 Å².